The van der Waals surface area contributed by atoms with Gasteiger partial charge in [0.15, 0.2) is 5.82 Å². The van der Waals surface area contributed by atoms with Gasteiger partial charge in [0.25, 0.3) is 0 Å². The zero-order valence-corrected chi connectivity index (χ0v) is 18.7. The van der Waals surface area contributed by atoms with Gasteiger partial charge in [-0.1, -0.05) is 6.08 Å². The number of aromatic nitrogens is 1. The predicted octanol–water partition coefficient (Wildman–Crippen LogP) is 4.13. The van der Waals surface area contributed by atoms with E-state index in [1.165, 1.54) is 12.3 Å². The van der Waals surface area contributed by atoms with Crippen LogP contribution in [0.5, 0.6) is 5.88 Å². The quantitative estimate of drug-likeness (QED) is 0.627. The maximum absolute atomic E-state index is 13.6. The monoisotopic (exact) mass is 488 g/mol. The molecular formula is C23H28F4N2O5. The molecule has 1 amide bonds. The second-order valence-corrected chi connectivity index (χ2v) is 8.54. The smallest absolute Gasteiger partial charge is 0.476 e. The second kappa shape index (κ2) is 11.2. The number of piperidine rings is 1. The number of pyridine rings is 1. The van der Waals surface area contributed by atoms with Gasteiger partial charge in [-0.25, -0.2) is 14.2 Å². The van der Waals surface area contributed by atoms with Crippen LogP contribution >= 0.6 is 0 Å². The van der Waals surface area contributed by atoms with Crippen molar-refractivity contribution in [1.29, 1.82) is 0 Å². The lowest BCUT2D eigenvalue weighted by molar-refractivity contribution is -0.192. The highest BCUT2D eigenvalue weighted by Gasteiger charge is 2.46. The molecule has 1 aromatic heterocycles. The minimum Gasteiger partial charge on any atom is -0.476 e. The zero-order chi connectivity index (χ0) is 24.8. The van der Waals surface area contributed by atoms with Crippen LogP contribution in [-0.4, -0.2) is 64.9 Å². The number of carbonyl (C=O) groups is 2. The fraction of sp³-hybridized carbons (Fsp3) is 0.609. The van der Waals surface area contributed by atoms with Gasteiger partial charge in [-0.2, -0.15) is 13.2 Å². The highest BCUT2D eigenvalue weighted by Crippen LogP contribution is 2.42. The molecule has 3 heterocycles. The van der Waals surface area contributed by atoms with Gasteiger partial charge in [-0.05, 0) is 63.0 Å². The van der Waals surface area contributed by atoms with Gasteiger partial charge in [0.2, 0.25) is 11.8 Å². The average molecular weight is 488 g/mol. The first-order valence-corrected chi connectivity index (χ1v) is 11.3. The Morgan fingerprint density at radius 1 is 1.29 bits per heavy atom. The molecule has 1 unspecified atom stereocenters. The zero-order valence-electron chi connectivity index (χ0n) is 18.7. The van der Waals surface area contributed by atoms with Crippen molar-refractivity contribution in [2.24, 2.45) is 5.92 Å². The van der Waals surface area contributed by atoms with Crippen LogP contribution in [-0.2, 0) is 14.3 Å². The number of rotatable bonds is 5. The minimum absolute atomic E-state index is 0.0655. The lowest BCUT2D eigenvalue weighted by atomic mass is 9.78. The Balaban J connectivity index is 0.000000406. The fourth-order valence-electron chi connectivity index (χ4n) is 4.68. The van der Waals surface area contributed by atoms with E-state index in [4.69, 9.17) is 19.4 Å². The lowest BCUT2D eigenvalue weighted by Crippen LogP contribution is -2.49. The molecule has 2 aliphatic heterocycles. The molecule has 1 spiro atoms. The van der Waals surface area contributed by atoms with Crippen molar-refractivity contribution in [2.75, 3.05) is 26.3 Å². The van der Waals surface area contributed by atoms with E-state index in [9.17, 15) is 22.4 Å². The maximum atomic E-state index is 13.6. The number of likely N-dealkylation sites (tertiary alicyclic amines) is 1. The molecule has 0 radical (unpaired) electrons. The molecule has 4 rings (SSSR count). The fourth-order valence-corrected chi connectivity index (χ4v) is 4.68. The molecule has 1 aliphatic carbocycles. The summed E-state index contributed by atoms with van der Waals surface area (Å²) in [6.45, 7) is 2.69. The van der Waals surface area contributed by atoms with Crippen LogP contribution in [0.1, 0.15) is 44.9 Å². The Morgan fingerprint density at radius 2 is 2.00 bits per heavy atom. The van der Waals surface area contributed by atoms with E-state index in [-0.39, 0.29) is 17.4 Å². The highest BCUT2D eigenvalue weighted by molar-refractivity contribution is 5.93. The number of halogens is 4. The number of amides is 1. The number of carbonyl (C=O) groups excluding carboxylic acids is 1. The third kappa shape index (κ3) is 6.46. The predicted molar refractivity (Wildman–Crippen MR) is 113 cm³/mol. The van der Waals surface area contributed by atoms with E-state index >= 15 is 0 Å². The van der Waals surface area contributed by atoms with Gasteiger partial charge in [0.05, 0.1) is 12.2 Å². The number of carboxylic acids is 1. The van der Waals surface area contributed by atoms with E-state index in [0.29, 0.717) is 12.5 Å². The molecule has 7 nitrogen and oxygen atoms in total. The number of allylic oxidation sites excluding steroid dienone is 1. The first-order valence-electron chi connectivity index (χ1n) is 11.3. The van der Waals surface area contributed by atoms with Gasteiger partial charge in [0.1, 0.15) is 0 Å². The summed E-state index contributed by atoms with van der Waals surface area (Å²) in [6, 6.07) is 2.91. The third-order valence-corrected chi connectivity index (χ3v) is 6.48. The van der Waals surface area contributed by atoms with Crippen molar-refractivity contribution >= 4 is 11.9 Å². The van der Waals surface area contributed by atoms with Crippen molar-refractivity contribution in [3.8, 4) is 5.88 Å². The summed E-state index contributed by atoms with van der Waals surface area (Å²) in [7, 11) is 0. The molecule has 2 fully saturated rings. The molecule has 0 bridgehead atoms. The third-order valence-electron chi connectivity index (χ3n) is 6.48. The van der Waals surface area contributed by atoms with Gasteiger partial charge < -0.3 is 19.5 Å². The second-order valence-electron chi connectivity index (χ2n) is 8.54. The van der Waals surface area contributed by atoms with Gasteiger partial charge >= 0.3 is 12.1 Å². The maximum Gasteiger partial charge on any atom is 0.490 e. The van der Waals surface area contributed by atoms with Gasteiger partial charge in [0, 0.05) is 31.5 Å². The van der Waals surface area contributed by atoms with Crippen LogP contribution in [0.25, 0.3) is 0 Å². The SMILES string of the molecule is O=C(C1=CCCC1)N1CCC2(CC1)OCCC2CCOc1ncccc1F.O=C(O)C(F)(F)F. The van der Waals surface area contributed by atoms with Crippen molar-refractivity contribution in [2.45, 2.75) is 56.7 Å². The van der Waals surface area contributed by atoms with Crippen molar-refractivity contribution in [3.63, 3.8) is 0 Å². The molecular weight excluding hydrogens is 460 g/mol. The van der Waals surface area contributed by atoms with Crippen LogP contribution in [0, 0.1) is 11.7 Å². The topological polar surface area (TPSA) is 89.0 Å². The molecule has 0 saturated carbocycles. The summed E-state index contributed by atoms with van der Waals surface area (Å²) in [5, 5.41) is 7.12. The number of alkyl halides is 3. The van der Waals surface area contributed by atoms with Crippen LogP contribution in [0.4, 0.5) is 17.6 Å². The lowest BCUT2D eigenvalue weighted by Gasteiger charge is -2.42. The largest absolute Gasteiger partial charge is 0.490 e. The van der Waals surface area contributed by atoms with Crippen LogP contribution in [0.2, 0.25) is 0 Å². The number of hydrogen-bond acceptors (Lipinski definition) is 5. The first-order chi connectivity index (χ1) is 16.1. The van der Waals surface area contributed by atoms with Crippen LogP contribution in [0.3, 0.4) is 0 Å². The molecule has 2 saturated heterocycles. The number of ether oxygens (including phenoxy) is 2. The summed E-state index contributed by atoms with van der Waals surface area (Å²) in [4.78, 5) is 27.4. The molecule has 3 aliphatic rings. The van der Waals surface area contributed by atoms with E-state index in [2.05, 4.69) is 11.1 Å². The Labute approximate surface area is 194 Å². The Morgan fingerprint density at radius 3 is 2.59 bits per heavy atom. The van der Waals surface area contributed by atoms with E-state index in [0.717, 1.165) is 70.2 Å². The summed E-state index contributed by atoms with van der Waals surface area (Å²) in [5.74, 6) is -2.52. The van der Waals surface area contributed by atoms with Crippen LogP contribution < -0.4 is 4.74 Å². The first kappa shape index (κ1) is 25.9. The van der Waals surface area contributed by atoms with E-state index in [1.807, 2.05) is 4.90 Å². The molecule has 188 valence electrons. The van der Waals surface area contributed by atoms with Crippen molar-refractivity contribution < 1.29 is 41.7 Å². The van der Waals surface area contributed by atoms with E-state index in [1.54, 1.807) is 6.07 Å². The van der Waals surface area contributed by atoms with E-state index < -0.39 is 18.0 Å². The summed E-state index contributed by atoms with van der Waals surface area (Å²) >= 11 is 0. The van der Waals surface area contributed by atoms with Crippen molar-refractivity contribution in [3.05, 3.63) is 35.8 Å². The Bertz CT molecular complexity index is 898. The summed E-state index contributed by atoms with van der Waals surface area (Å²) < 4.78 is 57.1. The number of nitrogens with zero attached hydrogens (tertiary/aromatic N) is 2. The number of hydrogen-bond donors (Lipinski definition) is 1. The van der Waals surface area contributed by atoms with Crippen molar-refractivity contribution in [1.82, 2.24) is 9.88 Å². The normalized spacial score (nSPS) is 21.6. The highest BCUT2D eigenvalue weighted by atomic mass is 19.4. The Kier molecular flexibility index (Phi) is 8.51. The molecule has 0 aromatic carbocycles. The molecule has 1 aromatic rings. The number of carboxylic acid groups (broad SMARTS) is 1. The molecule has 1 N–H and O–H groups in total. The van der Waals surface area contributed by atoms with Gasteiger partial charge in [-0.15, -0.1) is 0 Å². The summed E-state index contributed by atoms with van der Waals surface area (Å²) in [5.41, 5.74) is 0.827. The molecule has 11 heteroatoms. The van der Waals surface area contributed by atoms with Crippen LogP contribution in [0.15, 0.2) is 30.0 Å². The molecule has 34 heavy (non-hydrogen) atoms. The molecule has 1 atom stereocenters. The van der Waals surface area contributed by atoms with Gasteiger partial charge in [-0.3, -0.25) is 4.79 Å². The minimum atomic E-state index is -5.08. The standard InChI is InChI=1S/C21H27FN2O3.C2HF3O2/c22-18-6-3-11-23-19(18)26-14-7-17-8-15-27-21(17)9-12-24(13-10-21)20(25)16-4-1-2-5-16;3-2(4,5)1(6)7/h3-4,6,11,17H,1-2,5,7-10,12-15H2;(H,6,7). The summed E-state index contributed by atoms with van der Waals surface area (Å²) in [6.07, 6.45) is 5.13. The Hall–Kier alpha value is -2.69. The average Bonchev–Trinajstić information content (AvgIpc) is 3.46. The number of aliphatic carboxylic acids is 1.